The monoisotopic (exact) mass is 510 g/mol. The van der Waals surface area contributed by atoms with Gasteiger partial charge in [0, 0.05) is 23.3 Å². The average Bonchev–Trinajstić information content (AvgIpc) is 3.30. The highest BCUT2D eigenvalue weighted by atomic mass is 35.5. The van der Waals surface area contributed by atoms with E-state index in [1.165, 1.54) is 28.6 Å². The summed E-state index contributed by atoms with van der Waals surface area (Å²) in [6.45, 7) is 1.72. The van der Waals surface area contributed by atoms with Gasteiger partial charge in [-0.25, -0.2) is 13.2 Å². The molecule has 0 radical (unpaired) electrons. The number of nitrogens with one attached hydrogen (secondary N) is 1. The van der Waals surface area contributed by atoms with Gasteiger partial charge in [0.1, 0.15) is 0 Å². The summed E-state index contributed by atoms with van der Waals surface area (Å²) in [6, 6.07) is 18.8. The van der Waals surface area contributed by atoms with E-state index < -0.39 is 28.5 Å². The molecular weight excluding hydrogens is 488 g/mol. The molecule has 0 bridgehead atoms. The lowest BCUT2D eigenvalue weighted by Gasteiger charge is -2.19. The maximum Gasteiger partial charge on any atom is 0.331 e. The van der Waals surface area contributed by atoms with Crippen LogP contribution in [-0.2, 0) is 30.8 Å². The number of sulfonamides is 1. The van der Waals surface area contributed by atoms with Crippen molar-refractivity contribution in [1.82, 2.24) is 0 Å². The van der Waals surface area contributed by atoms with E-state index in [2.05, 4.69) is 5.32 Å². The first-order valence-corrected chi connectivity index (χ1v) is 12.7. The number of carbonyl (C=O) groups excluding carboxylic acids is 2. The molecule has 4 rings (SSSR count). The molecule has 9 heteroatoms. The first-order chi connectivity index (χ1) is 16.8. The third kappa shape index (κ3) is 5.55. The molecule has 35 heavy (non-hydrogen) atoms. The second-order valence-corrected chi connectivity index (χ2v) is 10.2. The van der Waals surface area contributed by atoms with Crippen LogP contribution in [0.4, 0.5) is 11.4 Å². The zero-order chi connectivity index (χ0) is 25.0. The molecule has 7 nitrogen and oxygen atoms in total. The van der Waals surface area contributed by atoms with Crippen molar-refractivity contribution in [3.63, 3.8) is 0 Å². The lowest BCUT2D eigenvalue weighted by atomic mass is 10.2. The Morgan fingerprint density at radius 3 is 2.57 bits per heavy atom. The number of esters is 1. The fourth-order valence-electron chi connectivity index (χ4n) is 3.71. The Bertz CT molecular complexity index is 1400. The minimum absolute atomic E-state index is 0.168. The van der Waals surface area contributed by atoms with Gasteiger partial charge in [-0.2, -0.15) is 0 Å². The number of para-hydroxylation sites is 1. The minimum Gasteiger partial charge on any atom is -0.452 e. The van der Waals surface area contributed by atoms with E-state index >= 15 is 0 Å². The van der Waals surface area contributed by atoms with E-state index in [9.17, 15) is 18.0 Å². The van der Waals surface area contributed by atoms with Gasteiger partial charge >= 0.3 is 5.97 Å². The number of hydrogen-bond donors (Lipinski definition) is 1. The zero-order valence-corrected chi connectivity index (χ0v) is 20.5. The van der Waals surface area contributed by atoms with Crippen LogP contribution in [0.2, 0.25) is 5.02 Å². The number of fused-ring (bicyclic) bond motifs is 1. The Morgan fingerprint density at radius 1 is 1.06 bits per heavy atom. The highest BCUT2D eigenvalue weighted by Gasteiger charge is 2.30. The topological polar surface area (TPSA) is 92.8 Å². The fraction of sp³-hybridized carbons (Fsp3) is 0.154. The van der Waals surface area contributed by atoms with Crippen molar-refractivity contribution in [3.8, 4) is 0 Å². The van der Waals surface area contributed by atoms with Crippen LogP contribution in [0.1, 0.15) is 16.7 Å². The largest absolute Gasteiger partial charge is 0.452 e. The summed E-state index contributed by atoms with van der Waals surface area (Å²) in [5.41, 5.74) is 3.58. The van der Waals surface area contributed by atoms with Crippen LogP contribution in [0.5, 0.6) is 0 Å². The number of rotatable bonds is 7. The molecule has 0 saturated heterocycles. The quantitative estimate of drug-likeness (QED) is 0.370. The number of carbonyl (C=O) groups is 2. The number of nitrogens with zero attached hydrogens (tertiary/aromatic N) is 1. The van der Waals surface area contributed by atoms with E-state index in [4.69, 9.17) is 16.3 Å². The van der Waals surface area contributed by atoms with E-state index in [0.717, 1.165) is 5.56 Å². The maximum atomic E-state index is 13.1. The predicted octanol–water partition coefficient (Wildman–Crippen LogP) is 4.59. The minimum atomic E-state index is -3.69. The number of benzene rings is 3. The molecule has 180 valence electrons. The predicted molar refractivity (Wildman–Crippen MR) is 136 cm³/mol. The molecule has 3 aromatic rings. The van der Waals surface area contributed by atoms with Crippen LogP contribution in [0.15, 0.2) is 77.7 Å². The number of amides is 1. The highest BCUT2D eigenvalue weighted by Crippen LogP contribution is 2.32. The van der Waals surface area contributed by atoms with Crippen LogP contribution in [0.3, 0.4) is 0 Å². The molecule has 0 spiro atoms. The van der Waals surface area contributed by atoms with Crippen LogP contribution < -0.4 is 9.62 Å². The first-order valence-electron chi connectivity index (χ1n) is 10.9. The second-order valence-electron chi connectivity index (χ2n) is 7.93. The van der Waals surface area contributed by atoms with Crippen molar-refractivity contribution in [2.75, 3.05) is 22.8 Å². The second kappa shape index (κ2) is 10.3. The smallest absolute Gasteiger partial charge is 0.331 e. The Morgan fingerprint density at radius 2 is 1.80 bits per heavy atom. The summed E-state index contributed by atoms with van der Waals surface area (Å²) < 4.78 is 32.6. The van der Waals surface area contributed by atoms with Gasteiger partial charge in [-0.15, -0.1) is 0 Å². The Hall–Kier alpha value is -3.62. The van der Waals surface area contributed by atoms with Crippen LogP contribution >= 0.6 is 11.6 Å². The molecule has 0 aliphatic carbocycles. The van der Waals surface area contributed by atoms with Crippen LogP contribution in [-0.4, -0.2) is 33.4 Å². The molecule has 3 aromatic carbocycles. The molecule has 0 unspecified atom stereocenters. The average molecular weight is 511 g/mol. The van der Waals surface area contributed by atoms with Gasteiger partial charge in [0.15, 0.2) is 6.61 Å². The molecule has 1 aliphatic heterocycles. The van der Waals surface area contributed by atoms with Crippen molar-refractivity contribution < 1.29 is 22.7 Å². The Balaban J connectivity index is 1.33. The molecule has 0 fully saturated rings. The summed E-state index contributed by atoms with van der Waals surface area (Å²) in [5.74, 6) is -1.19. The van der Waals surface area contributed by atoms with Crippen molar-refractivity contribution in [1.29, 1.82) is 0 Å². The lowest BCUT2D eigenvalue weighted by molar-refractivity contribution is -0.142. The molecule has 1 N–H and O–H groups in total. The van der Waals surface area contributed by atoms with E-state index in [-0.39, 0.29) is 4.90 Å². The molecule has 1 heterocycles. The lowest BCUT2D eigenvalue weighted by Crippen LogP contribution is -2.29. The van der Waals surface area contributed by atoms with Gasteiger partial charge in [0.2, 0.25) is 0 Å². The van der Waals surface area contributed by atoms with Gasteiger partial charge in [0.05, 0.1) is 10.6 Å². The van der Waals surface area contributed by atoms with E-state index in [1.54, 1.807) is 43.3 Å². The summed E-state index contributed by atoms with van der Waals surface area (Å²) >= 11 is 6.03. The van der Waals surface area contributed by atoms with Crippen molar-refractivity contribution in [3.05, 3.63) is 94.5 Å². The summed E-state index contributed by atoms with van der Waals surface area (Å²) in [6.07, 6.45) is 3.34. The molecule has 0 atom stereocenters. The van der Waals surface area contributed by atoms with E-state index in [0.29, 0.717) is 40.5 Å². The number of anilines is 2. The number of hydrogen-bond acceptors (Lipinski definition) is 5. The molecule has 0 saturated carbocycles. The zero-order valence-electron chi connectivity index (χ0n) is 18.9. The SMILES string of the molecule is Cc1c(Cl)cccc1NC(=O)COC(=O)/C=C/c1ccc(S(=O)(=O)N2CCc3ccccc32)cc1. The molecule has 1 aliphatic rings. The third-order valence-electron chi connectivity index (χ3n) is 5.61. The van der Waals surface area contributed by atoms with Gasteiger partial charge < -0.3 is 10.1 Å². The standard InChI is InChI=1S/C26H23ClN2O5S/c1-18-22(27)6-4-7-23(18)28-25(30)17-34-26(31)14-11-19-9-12-21(13-10-19)35(32,33)29-16-15-20-5-2-3-8-24(20)29/h2-14H,15-17H2,1H3,(H,28,30)/b14-11+. The van der Waals surface area contributed by atoms with Gasteiger partial charge in [-0.3, -0.25) is 9.10 Å². The highest BCUT2D eigenvalue weighted by molar-refractivity contribution is 7.92. The summed E-state index contributed by atoms with van der Waals surface area (Å²) in [7, 11) is -3.69. The summed E-state index contributed by atoms with van der Waals surface area (Å²) in [5, 5.41) is 3.16. The first kappa shape index (κ1) is 24.5. The summed E-state index contributed by atoms with van der Waals surface area (Å²) in [4.78, 5) is 24.2. The van der Waals surface area contributed by atoms with Gasteiger partial charge in [-0.1, -0.05) is 48.0 Å². The number of halogens is 1. The Labute approximate surface area is 209 Å². The molecular formula is C26H23ClN2O5S. The van der Waals surface area contributed by atoms with E-state index in [1.807, 2.05) is 18.2 Å². The van der Waals surface area contributed by atoms with Gasteiger partial charge in [0.25, 0.3) is 15.9 Å². The molecule has 1 amide bonds. The fourth-order valence-corrected chi connectivity index (χ4v) is 5.39. The van der Waals surface area contributed by atoms with Crippen molar-refractivity contribution in [2.24, 2.45) is 0 Å². The Kier molecular flexibility index (Phi) is 7.23. The molecule has 0 aromatic heterocycles. The number of ether oxygens (including phenoxy) is 1. The van der Waals surface area contributed by atoms with Crippen LogP contribution in [0, 0.1) is 6.92 Å². The normalized spacial score (nSPS) is 13.0. The van der Waals surface area contributed by atoms with Crippen LogP contribution in [0.25, 0.3) is 6.08 Å². The van der Waals surface area contributed by atoms with Crippen molar-refractivity contribution >= 4 is 51.0 Å². The van der Waals surface area contributed by atoms with Gasteiger partial charge in [-0.05, 0) is 66.4 Å². The van der Waals surface area contributed by atoms with Crippen molar-refractivity contribution in [2.45, 2.75) is 18.2 Å². The maximum absolute atomic E-state index is 13.1. The third-order valence-corrected chi connectivity index (χ3v) is 7.85.